The SMILES string of the molecule is Cc1ccc(NC(=O)C(C)Oc2ccc(Cl)cc2Cl)c(F)c1. The highest BCUT2D eigenvalue weighted by molar-refractivity contribution is 6.35. The van der Waals surface area contributed by atoms with E-state index in [1.165, 1.54) is 18.2 Å². The van der Waals surface area contributed by atoms with Crippen LogP contribution in [0.3, 0.4) is 0 Å². The first-order valence-corrected chi connectivity index (χ1v) is 7.31. The third-order valence-electron chi connectivity index (χ3n) is 2.95. The van der Waals surface area contributed by atoms with Gasteiger partial charge in [-0.1, -0.05) is 29.3 Å². The Balaban J connectivity index is 2.05. The normalized spacial score (nSPS) is 11.9. The third kappa shape index (κ3) is 4.12. The summed E-state index contributed by atoms with van der Waals surface area (Å²) < 4.78 is 19.2. The minimum absolute atomic E-state index is 0.105. The number of carbonyl (C=O) groups excluding carboxylic acids is 1. The van der Waals surface area contributed by atoms with Crippen molar-refractivity contribution in [3.05, 3.63) is 57.8 Å². The number of amides is 1. The summed E-state index contributed by atoms with van der Waals surface area (Å²) in [5.41, 5.74) is 0.876. The van der Waals surface area contributed by atoms with Crippen LogP contribution in [0.1, 0.15) is 12.5 Å². The molecule has 0 fully saturated rings. The zero-order chi connectivity index (χ0) is 16.3. The van der Waals surface area contributed by atoms with E-state index in [0.29, 0.717) is 15.8 Å². The molecule has 0 heterocycles. The van der Waals surface area contributed by atoms with Crippen LogP contribution in [0.5, 0.6) is 5.75 Å². The Kier molecular flexibility index (Phi) is 5.27. The maximum absolute atomic E-state index is 13.7. The van der Waals surface area contributed by atoms with E-state index in [-0.39, 0.29) is 5.69 Å². The fourth-order valence-corrected chi connectivity index (χ4v) is 2.22. The number of hydrogen-bond donors (Lipinski definition) is 1. The molecule has 2 aromatic rings. The lowest BCUT2D eigenvalue weighted by Crippen LogP contribution is -2.30. The molecule has 1 unspecified atom stereocenters. The quantitative estimate of drug-likeness (QED) is 0.863. The van der Waals surface area contributed by atoms with Gasteiger partial charge in [0.25, 0.3) is 5.91 Å². The lowest BCUT2D eigenvalue weighted by atomic mass is 10.2. The molecule has 0 spiro atoms. The van der Waals surface area contributed by atoms with Crippen LogP contribution in [0.2, 0.25) is 10.0 Å². The Morgan fingerprint density at radius 3 is 2.59 bits per heavy atom. The molecule has 2 aromatic carbocycles. The molecule has 1 atom stereocenters. The minimum Gasteiger partial charge on any atom is -0.479 e. The van der Waals surface area contributed by atoms with Crippen molar-refractivity contribution in [2.45, 2.75) is 20.0 Å². The van der Waals surface area contributed by atoms with Crippen molar-refractivity contribution < 1.29 is 13.9 Å². The summed E-state index contributed by atoms with van der Waals surface area (Å²) in [6, 6.07) is 9.25. The number of aryl methyl sites for hydroxylation is 1. The second-order valence-electron chi connectivity index (χ2n) is 4.81. The van der Waals surface area contributed by atoms with Crippen LogP contribution >= 0.6 is 23.2 Å². The fraction of sp³-hybridized carbons (Fsp3) is 0.188. The monoisotopic (exact) mass is 341 g/mol. The van der Waals surface area contributed by atoms with Crippen LogP contribution in [-0.4, -0.2) is 12.0 Å². The maximum Gasteiger partial charge on any atom is 0.265 e. The van der Waals surface area contributed by atoms with Crippen LogP contribution in [0.25, 0.3) is 0 Å². The molecule has 2 rings (SSSR count). The van der Waals surface area contributed by atoms with E-state index >= 15 is 0 Å². The second-order valence-corrected chi connectivity index (χ2v) is 5.65. The van der Waals surface area contributed by atoms with Gasteiger partial charge in [0.15, 0.2) is 6.10 Å². The highest BCUT2D eigenvalue weighted by Gasteiger charge is 2.17. The molecule has 6 heteroatoms. The Morgan fingerprint density at radius 1 is 1.23 bits per heavy atom. The zero-order valence-corrected chi connectivity index (χ0v) is 13.5. The molecule has 0 aliphatic rings. The second kappa shape index (κ2) is 6.99. The molecular formula is C16H14Cl2FNO2. The van der Waals surface area contributed by atoms with Gasteiger partial charge < -0.3 is 10.1 Å². The van der Waals surface area contributed by atoms with Crippen molar-refractivity contribution in [1.29, 1.82) is 0 Å². The molecular weight excluding hydrogens is 328 g/mol. The summed E-state index contributed by atoms with van der Waals surface area (Å²) in [6.45, 7) is 3.31. The van der Waals surface area contributed by atoms with E-state index in [1.54, 1.807) is 32.0 Å². The number of benzene rings is 2. The van der Waals surface area contributed by atoms with Gasteiger partial charge >= 0.3 is 0 Å². The number of hydrogen-bond acceptors (Lipinski definition) is 2. The molecule has 0 saturated heterocycles. The van der Waals surface area contributed by atoms with Gasteiger partial charge in [-0.2, -0.15) is 0 Å². The van der Waals surface area contributed by atoms with Crippen LogP contribution in [-0.2, 0) is 4.79 Å². The van der Waals surface area contributed by atoms with Crippen LogP contribution in [0, 0.1) is 12.7 Å². The lowest BCUT2D eigenvalue weighted by Gasteiger charge is -2.16. The topological polar surface area (TPSA) is 38.3 Å². The van der Waals surface area contributed by atoms with E-state index in [2.05, 4.69) is 5.32 Å². The van der Waals surface area contributed by atoms with Crippen molar-refractivity contribution >= 4 is 34.8 Å². The first-order chi connectivity index (χ1) is 10.4. The first-order valence-electron chi connectivity index (χ1n) is 6.55. The van der Waals surface area contributed by atoms with E-state index in [0.717, 1.165) is 5.56 Å². The van der Waals surface area contributed by atoms with Gasteiger partial charge in [0.05, 0.1) is 10.7 Å². The smallest absolute Gasteiger partial charge is 0.265 e. The summed E-state index contributed by atoms with van der Waals surface area (Å²) in [6.07, 6.45) is -0.848. The summed E-state index contributed by atoms with van der Waals surface area (Å²) in [5.74, 6) is -0.642. The summed E-state index contributed by atoms with van der Waals surface area (Å²) in [7, 11) is 0. The summed E-state index contributed by atoms with van der Waals surface area (Å²) in [4.78, 5) is 12.1. The fourth-order valence-electron chi connectivity index (χ4n) is 1.77. The highest BCUT2D eigenvalue weighted by atomic mass is 35.5. The number of carbonyl (C=O) groups is 1. The lowest BCUT2D eigenvalue weighted by molar-refractivity contribution is -0.122. The van der Waals surface area contributed by atoms with E-state index in [4.69, 9.17) is 27.9 Å². The van der Waals surface area contributed by atoms with Crippen molar-refractivity contribution in [2.75, 3.05) is 5.32 Å². The van der Waals surface area contributed by atoms with Crippen molar-refractivity contribution in [3.63, 3.8) is 0 Å². The number of rotatable bonds is 4. The van der Waals surface area contributed by atoms with E-state index in [9.17, 15) is 9.18 Å². The van der Waals surface area contributed by atoms with Crippen molar-refractivity contribution in [2.24, 2.45) is 0 Å². The largest absolute Gasteiger partial charge is 0.479 e. The predicted molar refractivity (Wildman–Crippen MR) is 86.3 cm³/mol. The summed E-state index contributed by atoms with van der Waals surface area (Å²) in [5, 5.41) is 3.25. The molecule has 0 bridgehead atoms. The standard InChI is InChI=1S/C16H14Cl2FNO2/c1-9-3-5-14(13(19)7-9)20-16(21)10(2)22-15-6-4-11(17)8-12(15)18/h3-8,10H,1-2H3,(H,20,21). The van der Waals surface area contributed by atoms with Gasteiger partial charge in [0.1, 0.15) is 11.6 Å². The molecule has 1 amide bonds. The van der Waals surface area contributed by atoms with Gasteiger partial charge in [0.2, 0.25) is 0 Å². The third-order valence-corrected chi connectivity index (χ3v) is 3.48. The van der Waals surface area contributed by atoms with Crippen molar-refractivity contribution in [3.8, 4) is 5.75 Å². The average molecular weight is 342 g/mol. The van der Waals surface area contributed by atoms with Gasteiger partial charge in [-0.15, -0.1) is 0 Å². The molecule has 22 heavy (non-hydrogen) atoms. The number of ether oxygens (including phenoxy) is 1. The Labute approximate surface area is 138 Å². The van der Waals surface area contributed by atoms with Gasteiger partial charge in [-0.25, -0.2) is 4.39 Å². The van der Waals surface area contributed by atoms with E-state index in [1.807, 2.05) is 0 Å². The highest BCUT2D eigenvalue weighted by Crippen LogP contribution is 2.28. The predicted octanol–water partition coefficient (Wildman–Crippen LogP) is 4.85. The molecule has 0 radical (unpaired) electrons. The minimum atomic E-state index is -0.848. The maximum atomic E-state index is 13.7. The van der Waals surface area contributed by atoms with Crippen LogP contribution < -0.4 is 10.1 Å². The number of nitrogens with one attached hydrogen (secondary N) is 1. The summed E-state index contributed by atoms with van der Waals surface area (Å²) >= 11 is 11.8. The van der Waals surface area contributed by atoms with Gasteiger partial charge in [0, 0.05) is 5.02 Å². The molecule has 116 valence electrons. The molecule has 0 aromatic heterocycles. The van der Waals surface area contributed by atoms with Crippen molar-refractivity contribution in [1.82, 2.24) is 0 Å². The molecule has 0 saturated carbocycles. The van der Waals surface area contributed by atoms with Gasteiger partial charge in [-0.3, -0.25) is 4.79 Å². The molecule has 1 N–H and O–H groups in total. The molecule has 0 aliphatic carbocycles. The first kappa shape index (κ1) is 16.6. The Bertz CT molecular complexity index is 707. The Morgan fingerprint density at radius 2 is 1.95 bits per heavy atom. The average Bonchev–Trinajstić information content (AvgIpc) is 2.44. The number of anilines is 1. The van der Waals surface area contributed by atoms with Gasteiger partial charge in [-0.05, 0) is 49.7 Å². The van der Waals surface area contributed by atoms with Crippen LogP contribution in [0.15, 0.2) is 36.4 Å². The van der Waals surface area contributed by atoms with Crippen LogP contribution in [0.4, 0.5) is 10.1 Å². The zero-order valence-electron chi connectivity index (χ0n) is 12.0. The molecule has 3 nitrogen and oxygen atoms in total. The number of halogens is 3. The molecule has 0 aliphatic heterocycles. The van der Waals surface area contributed by atoms with E-state index < -0.39 is 17.8 Å². The Hall–Kier alpha value is -1.78.